The van der Waals surface area contributed by atoms with Crippen molar-refractivity contribution in [1.82, 2.24) is 19.2 Å². The molecule has 0 unspecified atom stereocenters. The second-order valence-electron chi connectivity index (χ2n) is 6.03. The summed E-state index contributed by atoms with van der Waals surface area (Å²) in [6.45, 7) is 1.55. The lowest BCUT2D eigenvalue weighted by Crippen LogP contribution is -2.25. The first kappa shape index (κ1) is 15.6. The van der Waals surface area contributed by atoms with Crippen LogP contribution in [0.2, 0.25) is 0 Å². The summed E-state index contributed by atoms with van der Waals surface area (Å²) in [6.07, 6.45) is 2.68. The quantitative estimate of drug-likeness (QED) is 0.721. The van der Waals surface area contributed by atoms with Gasteiger partial charge in [-0.05, 0) is 39.2 Å². The molecule has 0 atom stereocenters. The number of ether oxygens (including phenoxy) is 1. The molecular formula is C17H22N4O2. The highest BCUT2D eigenvalue weighted by molar-refractivity contribution is 6.07. The number of rotatable bonds is 5. The minimum atomic E-state index is -0.0427. The first-order valence-electron chi connectivity index (χ1n) is 7.70. The number of aryl methyl sites for hydroxylation is 2. The zero-order chi connectivity index (χ0) is 16.6. The van der Waals surface area contributed by atoms with E-state index in [2.05, 4.69) is 10.00 Å². The molecule has 0 saturated heterocycles. The Morgan fingerprint density at radius 1 is 1.26 bits per heavy atom. The Morgan fingerprint density at radius 2 is 2.04 bits per heavy atom. The summed E-state index contributed by atoms with van der Waals surface area (Å²) in [5, 5.41) is 6.26. The van der Waals surface area contributed by atoms with E-state index in [1.54, 1.807) is 18.0 Å². The molecule has 0 saturated carbocycles. The van der Waals surface area contributed by atoms with E-state index in [0.717, 1.165) is 35.0 Å². The van der Waals surface area contributed by atoms with Gasteiger partial charge in [0, 0.05) is 30.4 Å². The molecule has 1 aromatic carbocycles. The summed E-state index contributed by atoms with van der Waals surface area (Å²) >= 11 is 0. The first-order chi connectivity index (χ1) is 11.0. The number of hydrogen-bond donors (Lipinski definition) is 0. The molecule has 3 rings (SSSR count). The van der Waals surface area contributed by atoms with Gasteiger partial charge in [-0.2, -0.15) is 5.10 Å². The Hall–Kier alpha value is -2.34. The van der Waals surface area contributed by atoms with Crippen molar-refractivity contribution >= 4 is 21.8 Å². The predicted molar refractivity (Wildman–Crippen MR) is 92.2 cm³/mol. The first-order valence-corrected chi connectivity index (χ1v) is 7.70. The maximum absolute atomic E-state index is 12.8. The Labute approximate surface area is 134 Å². The number of methoxy groups -OCH3 is 1. The zero-order valence-corrected chi connectivity index (χ0v) is 14.0. The van der Waals surface area contributed by atoms with Gasteiger partial charge in [-0.3, -0.25) is 4.79 Å². The lowest BCUT2D eigenvalue weighted by Gasteiger charge is -2.09. The van der Waals surface area contributed by atoms with Crippen LogP contribution in [0.25, 0.3) is 21.8 Å². The highest BCUT2D eigenvalue weighted by Gasteiger charge is 2.14. The van der Waals surface area contributed by atoms with Crippen LogP contribution < -0.4 is 10.3 Å². The van der Waals surface area contributed by atoms with E-state index in [0.29, 0.717) is 12.1 Å². The van der Waals surface area contributed by atoms with Crippen LogP contribution >= 0.6 is 0 Å². The van der Waals surface area contributed by atoms with Gasteiger partial charge in [-0.1, -0.05) is 0 Å². The van der Waals surface area contributed by atoms with Crippen molar-refractivity contribution in [2.45, 2.75) is 13.0 Å². The molecular weight excluding hydrogens is 292 g/mol. The molecule has 0 bridgehead atoms. The van der Waals surface area contributed by atoms with Gasteiger partial charge in [-0.15, -0.1) is 0 Å². The molecule has 0 amide bonds. The van der Waals surface area contributed by atoms with Crippen LogP contribution in [0.3, 0.4) is 0 Å². The molecule has 122 valence electrons. The van der Waals surface area contributed by atoms with Gasteiger partial charge in [0.15, 0.2) is 0 Å². The lowest BCUT2D eigenvalue weighted by molar-refractivity contribution is 0.377. The average Bonchev–Trinajstić information content (AvgIpc) is 2.82. The topological polar surface area (TPSA) is 52.3 Å². The van der Waals surface area contributed by atoms with E-state index >= 15 is 0 Å². The molecule has 23 heavy (non-hydrogen) atoms. The SMILES string of the molecule is COc1ccc2c3cnn(CCCN(C)C)c(=O)c3n(C)c2c1. The summed E-state index contributed by atoms with van der Waals surface area (Å²) in [5.74, 6) is 0.780. The van der Waals surface area contributed by atoms with Crippen molar-refractivity contribution in [1.29, 1.82) is 0 Å². The van der Waals surface area contributed by atoms with E-state index < -0.39 is 0 Å². The molecule has 0 N–H and O–H groups in total. The van der Waals surface area contributed by atoms with Gasteiger partial charge in [0.1, 0.15) is 11.3 Å². The van der Waals surface area contributed by atoms with E-state index in [9.17, 15) is 4.79 Å². The minimum absolute atomic E-state index is 0.0427. The third-order valence-corrected chi connectivity index (χ3v) is 4.19. The van der Waals surface area contributed by atoms with Crippen LogP contribution in [0.4, 0.5) is 0 Å². The highest BCUT2D eigenvalue weighted by Crippen LogP contribution is 2.28. The van der Waals surface area contributed by atoms with Crippen LogP contribution in [0, 0.1) is 0 Å². The monoisotopic (exact) mass is 314 g/mol. The third kappa shape index (κ3) is 2.70. The maximum Gasteiger partial charge on any atom is 0.291 e. The van der Waals surface area contributed by atoms with Gasteiger partial charge in [0.05, 0.1) is 18.8 Å². The molecule has 6 heteroatoms. The van der Waals surface area contributed by atoms with E-state index in [4.69, 9.17) is 4.74 Å². The average molecular weight is 314 g/mol. The second-order valence-corrected chi connectivity index (χ2v) is 6.03. The van der Waals surface area contributed by atoms with Crippen molar-refractivity contribution in [2.75, 3.05) is 27.7 Å². The molecule has 2 heterocycles. The molecule has 0 spiro atoms. The van der Waals surface area contributed by atoms with Crippen molar-refractivity contribution in [3.63, 3.8) is 0 Å². The van der Waals surface area contributed by atoms with Crippen LogP contribution in [-0.2, 0) is 13.6 Å². The maximum atomic E-state index is 12.8. The lowest BCUT2D eigenvalue weighted by atomic mass is 10.2. The van der Waals surface area contributed by atoms with Gasteiger partial charge in [0.25, 0.3) is 5.56 Å². The van der Waals surface area contributed by atoms with E-state index in [-0.39, 0.29) is 5.56 Å². The van der Waals surface area contributed by atoms with E-state index in [1.807, 2.05) is 43.9 Å². The standard InChI is InChI=1S/C17H22N4O2/c1-19(2)8-5-9-21-17(22)16-14(11-18-21)13-7-6-12(23-4)10-15(13)20(16)3/h6-7,10-11H,5,8-9H2,1-4H3. The van der Waals surface area contributed by atoms with Crippen LogP contribution in [0.1, 0.15) is 6.42 Å². The van der Waals surface area contributed by atoms with Gasteiger partial charge < -0.3 is 14.2 Å². The summed E-state index contributed by atoms with van der Waals surface area (Å²) in [4.78, 5) is 14.9. The van der Waals surface area contributed by atoms with Crippen molar-refractivity contribution in [3.8, 4) is 5.75 Å². The third-order valence-electron chi connectivity index (χ3n) is 4.19. The molecule has 3 aromatic rings. The smallest absolute Gasteiger partial charge is 0.291 e. The van der Waals surface area contributed by atoms with Crippen LogP contribution in [-0.4, -0.2) is 47.0 Å². The molecule has 2 aromatic heterocycles. The Kier molecular flexibility index (Phi) is 4.09. The second kappa shape index (κ2) is 6.04. The van der Waals surface area contributed by atoms with Gasteiger partial charge in [0.2, 0.25) is 0 Å². The molecule has 6 nitrogen and oxygen atoms in total. The number of hydrogen-bond acceptors (Lipinski definition) is 4. The Morgan fingerprint density at radius 3 is 2.74 bits per heavy atom. The number of fused-ring (bicyclic) bond motifs is 3. The fourth-order valence-corrected chi connectivity index (χ4v) is 2.96. The molecule has 0 fully saturated rings. The fourth-order valence-electron chi connectivity index (χ4n) is 2.96. The molecule has 0 radical (unpaired) electrons. The van der Waals surface area contributed by atoms with Crippen LogP contribution in [0.5, 0.6) is 5.75 Å². The predicted octanol–water partition coefficient (Wildman–Crippen LogP) is 1.85. The van der Waals surface area contributed by atoms with Crippen molar-refractivity contribution in [3.05, 3.63) is 34.7 Å². The highest BCUT2D eigenvalue weighted by atomic mass is 16.5. The Balaban J connectivity index is 2.12. The molecule has 0 aliphatic carbocycles. The number of benzene rings is 1. The molecule has 0 aliphatic heterocycles. The number of aromatic nitrogens is 3. The van der Waals surface area contributed by atoms with Crippen LogP contribution in [0.15, 0.2) is 29.2 Å². The van der Waals surface area contributed by atoms with Crippen molar-refractivity contribution in [2.24, 2.45) is 7.05 Å². The summed E-state index contributed by atoms with van der Waals surface area (Å²) < 4.78 is 8.77. The summed E-state index contributed by atoms with van der Waals surface area (Å²) in [6, 6.07) is 5.84. The Bertz CT molecular complexity index is 908. The minimum Gasteiger partial charge on any atom is -0.497 e. The van der Waals surface area contributed by atoms with Crippen molar-refractivity contribution < 1.29 is 4.74 Å². The number of nitrogens with zero attached hydrogens (tertiary/aromatic N) is 4. The van der Waals surface area contributed by atoms with Gasteiger partial charge in [-0.25, -0.2) is 4.68 Å². The normalized spacial score (nSPS) is 11.7. The summed E-state index contributed by atoms with van der Waals surface area (Å²) in [7, 11) is 7.60. The van der Waals surface area contributed by atoms with E-state index in [1.165, 1.54) is 0 Å². The molecule has 0 aliphatic rings. The summed E-state index contributed by atoms with van der Waals surface area (Å²) in [5.41, 5.74) is 1.62. The van der Waals surface area contributed by atoms with Gasteiger partial charge >= 0.3 is 0 Å². The largest absolute Gasteiger partial charge is 0.497 e. The zero-order valence-electron chi connectivity index (χ0n) is 14.0. The fraction of sp³-hybridized carbons (Fsp3) is 0.412.